The van der Waals surface area contributed by atoms with Gasteiger partial charge in [0.2, 0.25) is 0 Å². The Balaban J connectivity index is 0.000000324. The minimum atomic E-state index is -0.851. The fourth-order valence-corrected chi connectivity index (χ4v) is 1.05. The van der Waals surface area contributed by atoms with Crippen LogP contribution in [-0.4, -0.2) is 21.4 Å². The van der Waals surface area contributed by atoms with Crippen molar-refractivity contribution in [2.24, 2.45) is 0 Å². The van der Waals surface area contributed by atoms with Crippen LogP contribution in [0.4, 0.5) is 0 Å². The van der Waals surface area contributed by atoms with E-state index in [9.17, 15) is 10.2 Å². The summed E-state index contributed by atoms with van der Waals surface area (Å²) in [4.78, 5) is 0. The van der Waals surface area contributed by atoms with Gasteiger partial charge in [0.15, 0.2) is 0 Å². The molecular formula is C16H14FeO2. The molecule has 0 atom stereocenters. The van der Waals surface area contributed by atoms with Gasteiger partial charge in [0.1, 0.15) is 0 Å². The van der Waals surface area contributed by atoms with E-state index in [1.807, 2.05) is 0 Å². The van der Waals surface area contributed by atoms with Gasteiger partial charge in [-0.25, -0.2) is 11.5 Å². The first-order valence-corrected chi connectivity index (χ1v) is 5.45. The number of rotatable bonds is 2. The molecule has 0 aliphatic heterocycles. The molecule has 0 amide bonds. The van der Waals surface area contributed by atoms with Crippen LogP contribution in [0.25, 0.3) is 0 Å². The van der Waals surface area contributed by atoms with Gasteiger partial charge < -0.3 is 10.2 Å². The third-order valence-corrected chi connectivity index (χ3v) is 2.10. The first-order valence-electron chi connectivity index (χ1n) is 5.45. The molecule has 0 fully saturated rings. The molecule has 2 aliphatic carbocycles. The van der Waals surface area contributed by atoms with Crippen molar-refractivity contribution in [1.82, 2.24) is 0 Å². The van der Waals surface area contributed by atoms with Gasteiger partial charge >= 0.3 is 17.1 Å². The number of aliphatic hydroxyl groups is 2. The Morgan fingerprint density at radius 3 is 1.21 bits per heavy atom. The Kier molecular flexibility index (Phi) is 6.18. The number of hydrogen-bond donors (Lipinski definition) is 2. The fourth-order valence-electron chi connectivity index (χ4n) is 1.05. The molecule has 0 aromatic rings. The van der Waals surface area contributed by atoms with Crippen LogP contribution in [0.3, 0.4) is 0 Å². The monoisotopic (exact) mass is 294 g/mol. The summed E-state index contributed by atoms with van der Waals surface area (Å²) in [5, 5.41) is 18.6. The quantitative estimate of drug-likeness (QED) is 0.464. The normalized spacial score (nSPS) is 14.0. The van der Waals surface area contributed by atoms with Gasteiger partial charge in [0, 0.05) is 0 Å². The summed E-state index contributed by atoms with van der Waals surface area (Å²) in [5.41, 5.74) is 15.2. The third kappa shape index (κ3) is 5.85. The Morgan fingerprint density at radius 2 is 1.11 bits per heavy atom. The second-order valence-corrected chi connectivity index (χ2v) is 4.87. The molecule has 0 aromatic heterocycles. The topological polar surface area (TPSA) is 40.5 Å². The van der Waals surface area contributed by atoms with Gasteiger partial charge in [-0.05, 0) is 27.7 Å². The van der Waals surface area contributed by atoms with E-state index in [1.54, 1.807) is 27.7 Å². The van der Waals surface area contributed by atoms with E-state index in [1.165, 1.54) is 0 Å². The predicted molar refractivity (Wildman–Crippen MR) is 67.2 cm³/mol. The van der Waals surface area contributed by atoms with Crippen LogP contribution in [0.2, 0.25) is 0 Å². The molecule has 2 aliphatic rings. The third-order valence-electron chi connectivity index (χ3n) is 2.10. The fraction of sp³-hybridized carbons (Fsp3) is 0.375. The zero-order valence-corrected chi connectivity index (χ0v) is 12.4. The molecule has 2 nitrogen and oxygen atoms in total. The molecule has 19 heavy (non-hydrogen) atoms. The van der Waals surface area contributed by atoms with Gasteiger partial charge in [-0.2, -0.15) is 0 Å². The second-order valence-electron chi connectivity index (χ2n) is 4.87. The molecule has 3 heteroatoms. The molecular weight excluding hydrogens is 280 g/mol. The molecule has 0 bridgehead atoms. The number of hydrogen-bond acceptors (Lipinski definition) is 2. The van der Waals surface area contributed by atoms with Crippen LogP contribution in [0.1, 0.15) is 27.7 Å². The molecule has 0 unspecified atom stereocenters. The Hall–Kier alpha value is -1.40. The summed E-state index contributed by atoms with van der Waals surface area (Å²) in [6.07, 6.45) is 5.38. The maximum atomic E-state index is 9.28. The largest absolute Gasteiger partial charge is 2.00 e. The van der Waals surface area contributed by atoms with E-state index in [-0.39, 0.29) is 17.1 Å². The van der Waals surface area contributed by atoms with Gasteiger partial charge in [0.25, 0.3) is 0 Å². The van der Waals surface area contributed by atoms with E-state index in [0.717, 1.165) is 0 Å². The first kappa shape index (κ1) is 17.6. The van der Waals surface area contributed by atoms with Crippen LogP contribution in [0.15, 0.2) is 45.5 Å². The van der Waals surface area contributed by atoms with Gasteiger partial charge in [-0.15, -0.1) is 12.2 Å². The molecule has 0 saturated carbocycles. The molecule has 0 heterocycles. The van der Waals surface area contributed by atoms with Crippen LogP contribution in [0.5, 0.6) is 0 Å². The van der Waals surface area contributed by atoms with E-state index < -0.39 is 11.2 Å². The van der Waals surface area contributed by atoms with Crippen LogP contribution < -0.4 is 0 Å². The maximum Gasteiger partial charge on any atom is 2.00 e. The van der Waals surface area contributed by atoms with Crippen LogP contribution >= 0.6 is 0 Å². The standard InChI is InChI=1S/2C8H7O.Fe/c2*1-8(2,9)7-5-3-4-6-7;/h2*9H,1-2H3;/q2*-1;+2. The minimum Gasteiger partial charge on any atom is -0.387 e. The van der Waals surface area contributed by atoms with Crippen molar-refractivity contribution in [2.75, 3.05) is 0 Å². The molecule has 0 spiro atoms. The van der Waals surface area contributed by atoms with Crippen molar-refractivity contribution in [3.05, 3.63) is 57.7 Å². The van der Waals surface area contributed by atoms with Gasteiger partial charge in [0.05, 0.1) is 11.2 Å². The Bertz CT molecular complexity index is 557. The van der Waals surface area contributed by atoms with Crippen molar-refractivity contribution in [3.63, 3.8) is 0 Å². The second kappa shape index (κ2) is 6.68. The predicted octanol–water partition coefficient (Wildman–Crippen LogP) is 1.93. The summed E-state index contributed by atoms with van der Waals surface area (Å²) in [6.45, 7) is 6.71. The molecule has 0 saturated heterocycles. The van der Waals surface area contributed by atoms with Crippen molar-refractivity contribution in [3.8, 4) is 0 Å². The summed E-state index contributed by atoms with van der Waals surface area (Å²) in [7, 11) is 0. The average molecular weight is 294 g/mol. The van der Waals surface area contributed by atoms with Gasteiger partial charge in [-0.1, -0.05) is 11.1 Å². The first-order chi connectivity index (χ1) is 8.21. The molecule has 98 valence electrons. The zero-order valence-electron chi connectivity index (χ0n) is 11.2. The van der Waals surface area contributed by atoms with E-state index in [2.05, 4.69) is 46.5 Å². The van der Waals surface area contributed by atoms with Crippen LogP contribution in [0, 0.1) is 12.2 Å². The van der Waals surface area contributed by atoms with Gasteiger partial charge in [-0.3, -0.25) is 22.9 Å². The van der Waals surface area contributed by atoms with E-state index in [4.69, 9.17) is 0 Å². The minimum absolute atomic E-state index is 0. The zero-order chi connectivity index (χ0) is 13.8. The average Bonchev–Trinajstić information content (AvgIpc) is 2.91. The summed E-state index contributed by atoms with van der Waals surface area (Å²) < 4.78 is 0. The molecule has 2 N–H and O–H groups in total. The summed E-state index contributed by atoms with van der Waals surface area (Å²) in [6, 6.07) is 0. The molecule has 0 radical (unpaired) electrons. The Labute approximate surface area is 124 Å². The summed E-state index contributed by atoms with van der Waals surface area (Å²) in [5.74, 6) is 0. The van der Waals surface area contributed by atoms with Crippen LogP contribution in [-0.2, 0) is 17.1 Å². The van der Waals surface area contributed by atoms with Crippen molar-refractivity contribution in [1.29, 1.82) is 0 Å². The SMILES string of the molecule is CC(C)(O)C1=C=C=C=[C-]1.CC(C)(O)C1=C=C=C=[C-]1.[Fe+2]. The smallest absolute Gasteiger partial charge is 0.387 e. The molecule has 2 rings (SSSR count). The van der Waals surface area contributed by atoms with E-state index in [0.29, 0.717) is 11.1 Å². The molecule has 0 aromatic carbocycles. The maximum absolute atomic E-state index is 9.28. The van der Waals surface area contributed by atoms with Crippen molar-refractivity contribution >= 4 is 0 Å². The van der Waals surface area contributed by atoms with Crippen molar-refractivity contribution < 1.29 is 27.3 Å². The summed E-state index contributed by atoms with van der Waals surface area (Å²) >= 11 is 0. The Morgan fingerprint density at radius 1 is 0.789 bits per heavy atom. The van der Waals surface area contributed by atoms with Crippen molar-refractivity contribution in [2.45, 2.75) is 38.9 Å². The van der Waals surface area contributed by atoms with E-state index >= 15 is 0 Å².